The van der Waals surface area contributed by atoms with Crippen LogP contribution in [0.3, 0.4) is 0 Å². The van der Waals surface area contributed by atoms with Crippen molar-refractivity contribution in [2.45, 2.75) is 65.5 Å². The van der Waals surface area contributed by atoms with Gasteiger partial charge in [0.1, 0.15) is 12.4 Å². The van der Waals surface area contributed by atoms with Crippen LogP contribution in [0.2, 0.25) is 0 Å². The molecule has 0 saturated carbocycles. The maximum absolute atomic E-state index is 13.4. The van der Waals surface area contributed by atoms with Crippen molar-refractivity contribution in [3.05, 3.63) is 93.2 Å². The number of carbonyl (C=O) groups is 1. The van der Waals surface area contributed by atoms with Crippen molar-refractivity contribution in [2.24, 2.45) is 0 Å². The predicted octanol–water partition coefficient (Wildman–Crippen LogP) is 4.87. The predicted molar refractivity (Wildman–Crippen MR) is 155 cm³/mol. The fourth-order valence-electron chi connectivity index (χ4n) is 5.49. The summed E-state index contributed by atoms with van der Waals surface area (Å²) in [5.74, 6) is 1.35. The summed E-state index contributed by atoms with van der Waals surface area (Å²) in [6.45, 7) is 9.54. The monoisotopic (exact) mass is 530 g/mol. The Bertz CT molecular complexity index is 1300. The molecule has 2 aromatic carbocycles. The summed E-state index contributed by atoms with van der Waals surface area (Å²) in [6, 6.07) is 18.9. The van der Waals surface area contributed by atoms with Gasteiger partial charge in [0.05, 0.1) is 6.54 Å². The van der Waals surface area contributed by atoms with Crippen molar-refractivity contribution >= 4 is 5.91 Å². The Kier molecular flexibility index (Phi) is 9.93. The van der Waals surface area contributed by atoms with Gasteiger partial charge in [-0.15, -0.1) is 0 Å². The minimum Gasteiger partial charge on any atom is -0.491 e. The highest BCUT2D eigenvalue weighted by atomic mass is 16.5. The Morgan fingerprint density at radius 1 is 1.00 bits per heavy atom. The van der Waals surface area contributed by atoms with Crippen LogP contribution in [-0.4, -0.2) is 58.5 Å². The van der Waals surface area contributed by atoms with Crippen LogP contribution in [0.4, 0.5) is 0 Å². The molecule has 3 aromatic rings. The van der Waals surface area contributed by atoms with Crippen LogP contribution in [0.25, 0.3) is 0 Å². The molecule has 0 bridgehead atoms. The summed E-state index contributed by atoms with van der Waals surface area (Å²) >= 11 is 0. The second-order valence-electron chi connectivity index (χ2n) is 10.8. The largest absolute Gasteiger partial charge is 0.491 e. The fraction of sp³-hybridized carbons (Fsp3) is 0.469. The molecule has 1 amide bonds. The van der Waals surface area contributed by atoms with Crippen LogP contribution in [-0.2, 0) is 17.9 Å². The number of hydrogen-bond acceptors (Lipinski definition) is 5. The minimum atomic E-state index is -0.299. The van der Waals surface area contributed by atoms with Crippen molar-refractivity contribution in [3.8, 4) is 5.75 Å². The molecular formula is C32H42N4O3. The average Bonchev–Trinajstić information content (AvgIpc) is 2.90. The van der Waals surface area contributed by atoms with E-state index in [4.69, 9.17) is 4.74 Å². The molecular weight excluding hydrogens is 488 g/mol. The molecule has 0 spiro atoms. The topological polar surface area (TPSA) is 67.7 Å². The number of rotatable bonds is 4. The van der Waals surface area contributed by atoms with Gasteiger partial charge in [0.2, 0.25) is 5.91 Å². The first-order valence-electron chi connectivity index (χ1n) is 14.1. The number of amides is 1. The summed E-state index contributed by atoms with van der Waals surface area (Å²) in [6.07, 6.45) is 3.24. The number of aromatic nitrogens is 2. The van der Waals surface area contributed by atoms with E-state index < -0.39 is 0 Å². The number of ether oxygens (including phenoxy) is 1. The molecule has 39 heavy (non-hydrogen) atoms. The molecule has 1 unspecified atom stereocenters. The van der Waals surface area contributed by atoms with Crippen molar-refractivity contribution in [1.29, 1.82) is 0 Å². The Morgan fingerprint density at radius 3 is 2.56 bits per heavy atom. The van der Waals surface area contributed by atoms with Gasteiger partial charge in [-0.3, -0.25) is 9.36 Å². The minimum absolute atomic E-state index is 0.0395. The van der Waals surface area contributed by atoms with Gasteiger partial charge in [0.25, 0.3) is 0 Å². The molecule has 1 aromatic heterocycles. The summed E-state index contributed by atoms with van der Waals surface area (Å²) in [5, 5.41) is 0. The second kappa shape index (κ2) is 13.6. The first-order chi connectivity index (χ1) is 18.8. The number of carbonyl (C=O) groups excluding carboxylic acids is 1. The molecule has 0 fully saturated rings. The highest BCUT2D eigenvalue weighted by molar-refractivity contribution is 5.76. The molecule has 4 rings (SSSR count). The quantitative estimate of drug-likeness (QED) is 0.482. The number of aryl methyl sites for hydroxylation is 3. The molecule has 1 aliphatic heterocycles. The summed E-state index contributed by atoms with van der Waals surface area (Å²) in [5.41, 5.74) is 4.96. The highest BCUT2D eigenvalue weighted by Gasteiger charge is 2.19. The summed E-state index contributed by atoms with van der Waals surface area (Å²) in [7, 11) is 2.18. The van der Waals surface area contributed by atoms with E-state index in [1.54, 1.807) is 4.57 Å². The van der Waals surface area contributed by atoms with Crippen molar-refractivity contribution in [1.82, 2.24) is 19.4 Å². The highest BCUT2D eigenvalue weighted by Crippen LogP contribution is 2.27. The van der Waals surface area contributed by atoms with Gasteiger partial charge >= 0.3 is 5.69 Å². The van der Waals surface area contributed by atoms with E-state index in [1.165, 1.54) is 16.7 Å². The molecule has 7 nitrogen and oxygen atoms in total. The van der Waals surface area contributed by atoms with Crippen LogP contribution in [0.1, 0.15) is 59.7 Å². The lowest BCUT2D eigenvalue weighted by atomic mass is 9.91. The van der Waals surface area contributed by atoms with Gasteiger partial charge in [-0.1, -0.05) is 48.0 Å². The SMILES string of the molecule is Cc1ccc2c(c1)CN(C)CCC(c1ccccc1)CCCN(C(=O)CCn1c(C)cc(C)nc1=O)CCO2. The third-order valence-corrected chi connectivity index (χ3v) is 7.63. The normalized spacial score (nSPS) is 17.6. The van der Waals surface area contributed by atoms with Gasteiger partial charge in [-0.25, -0.2) is 4.79 Å². The van der Waals surface area contributed by atoms with E-state index in [9.17, 15) is 9.59 Å². The Balaban J connectivity index is 1.52. The molecule has 1 atom stereocenters. The summed E-state index contributed by atoms with van der Waals surface area (Å²) in [4.78, 5) is 34.1. The molecule has 0 saturated heterocycles. The van der Waals surface area contributed by atoms with Gasteiger partial charge in [-0.05, 0) is 77.2 Å². The van der Waals surface area contributed by atoms with Crippen molar-refractivity contribution in [3.63, 3.8) is 0 Å². The lowest BCUT2D eigenvalue weighted by Gasteiger charge is -2.27. The zero-order valence-corrected chi connectivity index (χ0v) is 23.9. The van der Waals surface area contributed by atoms with Gasteiger partial charge in [-0.2, -0.15) is 4.98 Å². The molecule has 2 heterocycles. The fourth-order valence-corrected chi connectivity index (χ4v) is 5.49. The Labute approximate surface area is 232 Å². The van der Waals surface area contributed by atoms with E-state index in [-0.39, 0.29) is 18.0 Å². The first-order valence-corrected chi connectivity index (χ1v) is 14.1. The lowest BCUT2D eigenvalue weighted by molar-refractivity contribution is -0.132. The Morgan fingerprint density at radius 2 is 1.79 bits per heavy atom. The van der Waals surface area contributed by atoms with E-state index in [2.05, 4.69) is 66.3 Å². The zero-order chi connectivity index (χ0) is 27.8. The molecule has 0 radical (unpaired) electrons. The summed E-state index contributed by atoms with van der Waals surface area (Å²) < 4.78 is 7.82. The number of fused-ring (bicyclic) bond motifs is 1. The third-order valence-electron chi connectivity index (χ3n) is 7.63. The molecule has 0 N–H and O–H groups in total. The van der Waals surface area contributed by atoms with Crippen molar-refractivity contribution < 1.29 is 9.53 Å². The van der Waals surface area contributed by atoms with Crippen LogP contribution in [0, 0.1) is 20.8 Å². The van der Waals surface area contributed by atoms with E-state index in [1.807, 2.05) is 30.9 Å². The standard InChI is InChI=1S/C32H42N4O3/c1-24-12-13-30-29(21-24)23-34(4)17-14-28(27-9-6-5-7-10-27)11-8-16-35(19-20-39-30)31(37)15-18-36-26(3)22-25(2)33-32(36)38/h5-7,9-10,12-13,21-22,28H,8,11,14-20,23H2,1-4H3. The average molecular weight is 531 g/mol. The maximum atomic E-state index is 13.4. The number of benzene rings is 2. The van der Waals surface area contributed by atoms with Gasteiger partial charge in [0.15, 0.2) is 0 Å². The van der Waals surface area contributed by atoms with Crippen molar-refractivity contribution in [2.75, 3.05) is 33.3 Å². The van der Waals surface area contributed by atoms with E-state index in [0.29, 0.717) is 37.9 Å². The number of nitrogens with zero attached hydrogens (tertiary/aromatic N) is 4. The molecule has 0 aliphatic carbocycles. The van der Waals surface area contributed by atoms with Crippen LogP contribution >= 0.6 is 0 Å². The first kappa shape index (κ1) is 28.6. The maximum Gasteiger partial charge on any atom is 0.347 e. The third kappa shape index (κ3) is 8.02. The van der Waals surface area contributed by atoms with Crippen LogP contribution < -0.4 is 10.4 Å². The van der Waals surface area contributed by atoms with Gasteiger partial charge in [0, 0.05) is 43.0 Å². The smallest absolute Gasteiger partial charge is 0.347 e. The lowest BCUT2D eigenvalue weighted by Crippen LogP contribution is -2.37. The second-order valence-corrected chi connectivity index (χ2v) is 10.8. The zero-order valence-electron chi connectivity index (χ0n) is 23.9. The van der Waals surface area contributed by atoms with Crippen LogP contribution in [0.5, 0.6) is 5.75 Å². The molecule has 208 valence electrons. The van der Waals surface area contributed by atoms with Crippen LogP contribution in [0.15, 0.2) is 59.4 Å². The van der Waals surface area contributed by atoms with Gasteiger partial charge < -0.3 is 14.5 Å². The van der Waals surface area contributed by atoms with E-state index in [0.717, 1.165) is 43.8 Å². The van der Waals surface area contributed by atoms with E-state index >= 15 is 0 Å². The number of hydrogen-bond donors (Lipinski definition) is 0. The molecule has 7 heteroatoms. The Hall–Kier alpha value is -3.45. The molecule has 1 aliphatic rings.